The van der Waals surface area contributed by atoms with Crippen molar-refractivity contribution in [2.75, 3.05) is 31.1 Å². The first-order valence-electron chi connectivity index (χ1n) is 7.95. The van der Waals surface area contributed by atoms with E-state index in [1.165, 1.54) is 0 Å². The molecule has 4 heterocycles. The molecule has 3 aromatic heterocycles. The molecule has 24 heavy (non-hydrogen) atoms. The summed E-state index contributed by atoms with van der Waals surface area (Å²) in [6.45, 7) is 2.76. The smallest absolute Gasteiger partial charge is 0.300 e. The molecule has 8 heteroatoms. The molecular weight excluding hydrogens is 308 g/mol. The highest BCUT2D eigenvalue weighted by Gasteiger charge is 2.24. The van der Waals surface area contributed by atoms with Crippen LogP contribution in [0, 0.1) is 0 Å². The zero-order valence-corrected chi connectivity index (χ0v) is 13.4. The molecular formula is C16H18N6O2. The lowest BCUT2D eigenvalue weighted by Crippen LogP contribution is -2.36. The molecule has 0 unspecified atom stereocenters. The second-order valence-electron chi connectivity index (χ2n) is 5.82. The average molecular weight is 326 g/mol. The Bertz CT molecular complexity index is 837. The van der Waals surface area contributed by atoms with E-state index < -0.39 is 0 Å². The number of oxazole rings is 1. The number of hydrogen-bond acceptors (Lipinski definition) is 6. The van der Waals surface area contributed by atoms with Gasteiger partial charge in [-0.25, -0.2) is 9.97 Å². The van der Waals surface area contributed by atoms with Gasteiger partial charge < -0.3 is 18.8 Å². The van der Waals surface area contributed by atoms with Crippen molar-refractivity contribution in [2.24, 2.45) is 7.05 Å². The second-order valence-corrected chi connectivity index (χ2v) is 5.82. The fraction of sp³-hybridized carbons (Fsp3) is 0.375. The molecule has 0 aromatic carbocycles. The Morgan fingerprint density at radius 2 is 2.08 bits per heavy atom. The van der Waals surface area contributed by atoms with E-state index in [2.05, 4.69) is 19.9 Å². The zero-order valence-electron chi connectivity index (χ0n) is 13.4. The Morgan fingerprint density at radius 3 is 2.88 bits per heavy atom. The molecule has 1 saturated heterocycles. The molecule has 1 aliphatic rings. The van der Waals surface area contributed by atoms with Crippen molar-refractivity contribution in [3.63, 3.8) is 0 Å². The normalized spacial score (nSPS) is 15.7. The molecule has 0 radical (unpaired) electrons. The number of aryl methyl sites for hydroxylation is 1. The number of carbonyl (C=O) groups excluding carboxylic acids is 1. The fourth-order valence-electron chi connectivity index (χ4n) is 2.92. The minimum Gasteiger partial charge on any atom is -0.422 e. The van der Waals surface area contributed by atoms with Crippen LogP contribution in [0.15, 0.2) is 35.1 Å². The third kappa shape index (κ3) is 2.60. The van der Waals surface area contributed by atoms with Crippen LogP contribution in [0.4, 0.5) is 6.01 Å². The van der Waals surface area contributed by atoms with Crippen molar-refractivity contribution in [2.45, 2.75) is 6.42 Å². The largest absolute Gasteiger partial charge is 0.422 e. The van der Waals surface area contributed by atoms with Crippen molar-refractivity contribution >= 4 is 23.2 Å². The summed E-state index contributed by atoms with van der Waals surface area (Å²) >= 11 is 0. The van der Waals surface area contributed by atoms with Gasteiger partial charge in [0.25, 0.3) is 11.9 Å². The maximum atomic E-state index is 12.6. The molecule has 3 aromatic rings. The Labute approximate surface area is 138 Å². The monoisotopic (exact) mass is 326 g/mol. The van der Waals surface area contributed by atoms with Gasteiger partial charge in [-0.15, -0.1) is 0 Å². The zero-order chi connectivity index (χ0) is 16.5. The topological polar surface area (TPSA) is 80.3 Å². The summed E-state index contributed by atoms with van der Waals surface area (Å²) in [6, 6.07) is 4.25. The minimum absolute atomic E-state index is 0.0384. The van der Waals surface area contributed by atoms with Gasteiger partial charge >= 0.3 is 0 Å². The molecule has 124 valence electrons. The van der Waals surface area contributed by atoms with Crippen molar-refractivity contribution in [3.05, 3.63) is 36.5 Å². The summed E-state index contributed by atoms with van der Waals surface area (Å²) < 4.78 is 7.53. The maximum absolute atomic E-state index is 12.6. The van der Waals surface area contributed by atoms with Crippen molar-refractivity contribution < 1.29 is 9.21 Å². The highest BCUT2D eigenvalue weighted by atomic mass is 16.4. The summed E-state index contributed by atoms with van der Waals surface area (Å²) in [7, 11) is 1.83. The summed E-state index contributed by atoms with van der Waals surface area (Å²) in [5.74, 6) is 0.429. The van der Waals surface area contributed by atoms with E-state index in [0.29, 0.717) is 42.7 Å². The van der Waals surface area contributed by atoms with E-state index in [-0.39, 0.29) is 5.91 Å². The molecule has 8 nitrogen and oxygen atoms in total. The molecule has 0 bridgehead atoms. The van der Waals surface area contributed by atoms with Crippen LogP contribution in [0.25, 0.3) is 11.2 Å². The highest BCUT2D eigenvalue weighted by Crippen LogP contribution is 2.21. The van der Waals surface area contributed by atoms with E-state index in [1.54, 1.807) is 23.2 Å². The molecule has 0 atom stereocenters. The molecule has 0 N–H and O–H groups in total. The van der Waals surface area contributed by atoms with Gasteiger partial charge in [0.05, 0.1) is 0 Å². The van der Waals surface area contributed by atoms with Crippen LogP contribution < -0.4 is 4.90 Å². The number of nitrogens with zero attached hydrogens (tertiary/aromatic N) is 6. The fourth-order valence-corrected chi connectivity index (χ4v) is 2.92. The van der Waals surface area contributed by atoms with E-state index in [0.717, 1.165) is 13.0 Å². The summed E-state index contributed by atoms with van der Waals surface area (Å²) in [5, 5.41) is 0. The van der Waals surface area contributed by atoms with Crippen LogP contribution in [0.1, 0.15) is 17.0 Å². The van der Waals surface area contributed by atoms with Crippen LogP contribution >= 0.6 is 0 Å². The Balaban J connectivity index is 1.50. The van der Waals surface area contributed by atoms with Crippen LogP contribution in [0.3, 0.4) is 0 Å². The van der Waals surface area contributed by atoms with E-state index in [4.69, 9.17) is 4.42 Å². The number of hydrogen-bond donors (Lipinski definition) is 0. The number of aromatic nitrogens is 4. The summed E-state index contributed by atoms with van der Waals surface area (Å²) in [5.41, 5.74) is 1.29. The van der Waals surface area contributed by atoms with Gasteiger partial charge in [-0.05, 0) is 18.6 Å². The molecule has 0 spiro atoms. The Kier molecular flexibility index (Phi) is 3.64. The standard InChI is InChI=1S/C16H18N6O2/c1-20-9-6-18-14(20)15(23)21-7-3-8-22(11-10-21)16-19-13-12(24-16)4-2-5-17-13/h2,4-6,9H,3,7-8,10-11H2,1H3. The van der Waals surface area contributed by atoms with Gasteiger partial charge in [-0.3, -0.25) is 4.79 Å². The van der Waals surface area contributed by atoms with Gasteiger partial charge in [0.15, 0.2) is 11.4 Å². The first kappa shape index (κ1) is 14.7. The Hall–Kier alpha value is -2.90. The number of anilines is 1. The number of amides is 1. The van der Waals surface area contributed by atoms with Crippen molar-refractivity contribution in [3.8, 4) is 0 Å². The molecule has 1 amide bonds. The number of fused-ring (bicyclic) bond motifs is 1. The predicted octanol–water partition coefficient (Wildman–Crippen LogP) is 1.31. The van der Waals surface area contributed by atoms with Crippen molar-refractivity contribution in [1.82, 2.24) is 24.4 Å². The van der Waals surface area contributed by atoms with Crippen LogP contribution in [-0.4, -0.2) is 56.5 Å². The summed E-state index contributed by atoms with van der Waals surface area (Å²) in [4.78, 5) is 29.3. The first-order chi connectivity index (χ1) is 11.7. The third-order valence-electron chi connectivity index (χ3n) is 4.22. The van der Waals surface area contributed by atoms with E-state index >= 15 is 0 Å². The van der Waals surface area contributed by atoms with E-state index in [1.807, 2.05) is 24.1 Å². The molecule has 0 aliphatic carbocycles. The predicted molar refractivity (Wildman–Crippen MR) is 87.7 cm³/mol. The highest BCUT2D eigenvalue weighted by molar-refractivity contribution is 5.90. The molecule has 1 aliphatic heterocycles. The van der Waals surface area contributed by atoms with Gasteiger partial charge in [0, 0.05) is 51.8 Å². The molecule has 4 rings (SSSR count). The van der Waals surface area contributed by atoms with Crippen molar-refractivity contribution in [1.29, 1.82) is 0 Å². The summed E-state index contributed by atoms with van der Waals surface area (Å²) in [6.07, 6.45) is 5.97. The maximum Gasteiger partial charge on any atom is 0.300 e. The van der Waals surface area contributed by atoms with Crippen LogP contribution in [0.2, 0.25) is 0 Å². The second kappa shape index (κ2) is 5.95. The lowest BCUT2D eigenvalue weighted by Gasteiger charge is -2.20. The lowest BCUT2D eigenvalue weighted by molar-refractivity contribution is 0.0751. The van der Waals surface area contributed by atoms with Crippen LogP contribution in [0.5, 0.6) is 0 Å². The third-order valence-corrected chi connectivity index (χ3v) is 4.22. The quantitative estimate of drug-likeness (QED) is 0.706. The van der Waals surface area contributed by atoms with Gasteiger partial charge in [0.2, 0.25) is 5.65 Å². The number of pyridine rings is 1. The SMILES string of the molecule is Cn1ccnc1C(=O)N1CCCN(c2nc3ncccc3o2)CC1. The first-order valence-corrected chi connectivity index (χ1v) is 7.95. The Morgan fingerprint density at radius 1 is 1.17 bits per heavy atom. The van der Waals surface area contributed by atoms with E-state index in [9.17, 15) is 4.79 Å². The van der Waals surface area contributed by atoms with Gasteiger partial charge in [-0.2, -0.15) is 4.98 Å². The van der Waals surface area contributed by atoms with Gasteiger partial charge in [-0.1, -0.05) is 0 Å². The number of rotatable bonds is 2. The van der Waals surface area contributed by atoms with Gasteiger partial charge in [0.1, 0.15) is 0 Å². The van der Waals surface area contributed by atoms with Crippen LogP contribution in [-0.2, 0) is 7.05 Å². The molecule has 0 saturated carbocycles. The number of imidazole rings is 1. The lowest BCUT2D eigenvalue weighted by atomic mass is 10.3. The number of carbonyl (C=O) groups is 1. The average Bonchev–Trinajstić information content (AvgIpc) is 3.13. The minimum atomic E-state index is -0.0384. The molecule has 1 fully saturated rings.